The average Bonchev–Trinajstić information content (AvgIpc) is 3.11. The zero-order valence-electron chi connectivity index (χ0n) is 14.5. The van der Waals surface area contributed by atoms with Gasteiger partial charge in [0.25, 0.3) is 5.91 Å². The molecule has 2 N–H and O–H groups in total. The summed E-state index contributed by atoms with van der Waals surface area (Å²) in [6.07, 6.45) is 2.40. The Morgan fingerprint density at radius 1 is 1.38 bits per heavy atom. The summed E-state index contributed by atoms with van der Waals surface area (Å²) in [6.45, 7) is 1.77. The molecule has 1 aromatic carbocycles. The van der Waals surface area contributed by atoms with Crippen LogP contribution in [0.5, 0.6) is 5.75 Å². The summed E-state index contributed by atoms with van der Waals surface area (Å²) < 4.78 is 24.1. The van der Waals surface area contributed by atoms with Crippen molar-refractivity contribution in [2.75, 3.05) is 19.2 Å². The number of rotatable bonds is 9. The highest BCUT2D eigenvalue weighted by atomic mass is 32.1. The van der Waals surface area contributed by atoms with Gasteiger partial charge in [0.05, 0.1) is 0 Å². The molecule has 0 saturated heterocycles. The predicted molar refractivity (Wildman–Crippen MR) is 95.4 cm³/mol. The molecule has 1 heterocycles. The molecule has 1 aromatic heterocycles. The standard InChI is InChI=1S/C17H20FN3O4S/c1-3-4-14(22)20-15(16(23)21-17-19-7-8-26-17)12-9-11(18)5-6-13(12)25-10-24-2/h5-9,15H,3-4,10H2,1-2H3,(H,20,22)(H,19,21,23). The second kappa shape index (κ2) is 9.83. The number of thiazole rings is 1. The molecule has 0 fully saturated rings. The monoisotopic (exact) mass is 381 g/mol. The van der Waals surface area contributed by atoms with Crippen molar-refractivity contribution in [3.05, 3.63) is 41.2 Å². The van der Waals surface area contributed by atoms with Gasteiger partial charge < -0.3 is 14.8 Å². The van der Waals surface area contributed by atoms with Crippen molar-refractivity contribution in [1.29, 1.82) is 0 Å². The van der Waals surface area contributed by atoms with Crippen LogP contribution in [0.15, 0.2) is 29.8 Å². The molecular weight excluding hydrogens is 361 g/mol. The molecule has 1 atom stereocenters. The SMILES string of the molecule is CCCC(=O)NC(C(=O)Nc1nccs1)c1cc(F)ccc1OCOC. The molecule has 0 aliphatic heterocycles. The van der Waals surface area contributed by atoms with Gasteiger partial charge in [-0.1, -0.05) is 6.92 Å². The van der Waals surface area contributed by atoms with Gasteiger partial charge in [0.15, 0.2) is 11.9 Å². The molecule has 2 amide bonds. The van der Waals surface area contributed by atoms with Crippen molar-refractivity contribution in [2.24, 2.45) is 0 Å². The van der Waals surface area contributed by atoms with Crippen LogP contribution in [0.4, 0.5) is 9.52 Å². The van der Waals surface area contributed by atoms with Crippen molar-refractivity contribution in [3.8, 4) is 5.75 Å². The quantitative estimate of drug-likeness (QED) is 0.652. The number of nitrogens with zero attached hydrogens (tertiary/aromatic N) is 1. The van der Waals surface area contributed by atoms with Gasteiger partial charge in [-0.25, -0.2) is 9.37 Å². The first kappa shape index (κ1) is 19.8. The van der Waals surface area contributed by atoms with Gasteiger partial charge in [-0.05, 0) is 24.6 Å². The first-order valence-electron chi connectivity index (χ1n) is 7.96. The Morgan fingerprint density at radius 3 is 2.85 bits per heavy atom. The number of methoxy groups -OCH3 is 1. The van der Waals surface area contributed by atoms with Gasteiger partial charge in [0.1, 0.15) is 17.6 Å². The lowest BCUT2D eigenvalue weighted by atomic mass is 10.0. The fourth-order valence-corrected chi connectivity index (χ4v) is 2.74. The summed E-state index contributed by atoms with van der Waals surface area (Å²) >= 11 is 1.23. The lowest BCUT2D eigenvalue weighted by Gasteiger charge is -2.21. The Labute approximate surface area is 154 Å². The van der Waals surface area contributed by atoms with E-state index in [2.05, 4.69) is 15.6 Å². The van der Waals surface area contributed by atoms with Crippen LogP contribution in [0.3, 0.4) is 0 Å². The summed E-state index contributed by atoms with van der Waals surface area (Å²) in [4.78, 5) is 28.8. The minimum absolute atomic E-state index is 0.0810. The molecule has 0 radical (unpaired) electrons. The van der Waals surface area contributed by atoms with E-state index in [9.17, 15) is 14.0 Å². The number of ether oxygens (including phenoxy) is 2. The highest BCUT2D eigenvalue weighted by Gasteiger charge is 2.27. The number of carbonyl (C=O) groups excluding carboxylic acids is 2. The van der Waals surface area contributed by atoms with Crippen molar-refractivity contribution in [2.45, 2.75) is 25.8 Å². The maximum absolute atomic E-state index is 13.8. The molecule has 1 unspecified atom stereocenters. The lowest BCUT2D eigenvalue weighted by molar-refractivity contribution is -0.126. The third-order valence-corrected chi connectivity index (χ3v) is 4.01. The number of amides is 2. The molecule has 0 bridgehead atoms. The fraction of sp³-hybridized carbons (Fsp3) is 0.353. The van der Waals surface area contributed by atoms with Crippen molar-refractivity contribution < 1.29 is 23.5 Å². The van der Waals surface area contributed by atoms with Gasteiger partial charge in [-0.15, -0.1) is 11.3 Å². The first-order chi connectivity index (χ1) is 12.5. The molecule has 0 aliphatic carbocycles. The van der Waals surface area contributed by atoms with E-state index in [1.165, 1.54) is 30.6 Å². The molecule has 0 spiro atoms. The van der Waals surface area contributed by atoms with E-state index in [-0.39, 0.29) is 30.4 Å². The second-order valence-corrected chi connectivity index (χ2v) is 6.20. The Morgan fingerprint density at radius 2 is 2.19 bits per heavy atom. The number of carbonyl (C=O) groups is 2. The predicted octanol–water partition coefficient (Wildman–Crippen LogP) is 2.86. The Kier molecular flexibility index (Phi) is 7.49. The molecule has 140 valence electrons. The smallest absolute Gasteiger partial charge is 0.253 e. The summed E-state index contributed by atoms with van der Waals surface area (Å²) in [5, 5.41) is 7.32. The van der Waals surface area contributed by atoms with Crippen LogP contribution in [-0.4, -0.2) is 30.7 Å². The van der Waals surface area contributed by atoms with Gasteiger partial charge in [0.2, 0.25) is 5.91 Å². The van der Waals surface area contributed by atoms with Gasteiger partial charge in [-0.2, -0.15) is 0 Å². The number of anilines is 1. The maximum atomic E-state index is 13.8. The zero-order chi connectivity index (χ0) is 18.9. The maximum Gasteiger partial charge on any atom is 0.253 e. The zero-order valence-corrected chi connectivity index (χ0v) is 15.3. The van der Waals surface area contributed by atoms with E-state index in [1.54, 1.807) is 11.6 Å². The molecule has 0 aliphatic rings. The molecule has 26 heavy (non-hydrogen) atoms. The molecule has 2 aromatic rings. The largest absolute Gasteiger partial charge is 0.467 e. The number of benzene rings is 1. The highest BCUT2D eigenvalue weighted by Crippen LogP contribution is 2.28. The van der Waals surface area contributed by atoms with Crippen LogP contribution in [0.2, 0.25) is 0 Å². The van der Waals surface area contributed by atoms with Crippen molar-refractivity contribution >= 4 is 28.3 Å². The van der Waals surface area contributed by atoms with E-state index in [0.29, 0.717) is 11.6 Å². The molecule has 7 nitrogen and oxygen atoms in total. The normalized spacial score (nSPS) is 11.7. The lowest BCUT2D eigenvalue weighted by Crippen LogP contribution is -2.37. The number of aromatic nitrogens is 1. The van der Waals surface area contributed by atoms with Crippen molar-refractivity contribution in [3.63, 3.8) is 0 Å². The second-order valence-electron chi connectivity index (χ2n) is 5.31. The fourth-order valence-electron chi connectivity index (χ4n) is 2.21. The van der Waals surface area contributed by atoms with E-state index >= 15 is 0 Å². The van der Waals surface area contributed by atoms with Crippen LogP contribution >= 0.6 is 11.3 Å². The summed E-state index contributed by atoms with van der Waals surface area (Å²) in [5.74, 6) is -1.18. The number of hydrogen-bond donors (Lipinski definition) is 2. The molecule has 2 rings (SSSR count). The topological polar surface area (TPSA) is 89.6 Å². The Bertz CT molecular complexity index is 740. The number of halogens is 1. The van der Waals surface area contributed by atoms with Crippen molar-refractivity contribution in [1.82, 2.24) is 10.3 Å². The van der Waals surface area contributed by atoms with Gasteiger partial charge in [-0.3, -0.25) is 14.9 Å². The summed E-state index contributed by atoms with van der Waals surface area (Å²) in [6, 6.07) is 2.61. The van der Waals surface area contributed by atoms with Gasteiger partial charge >= 0.3 is 0 Å². The Balaban J connectivity index is 2.34. The van der Waals surface area contributed by atoms with Crippen LogP contribution in [0.1, 0.15) is 31.4 Å². The molecule has 9 heteroatoms. The van der Waals surface area contributed by atoms with E-state index < -0.39 is 17.8 Å². The number of nitrogens with one attached hydrogen (secondary N) is 2. The average molecular weight is 381 g/mol. The van der Waals surface area contributed by atoms with Crippen LogP contribution in [0, 0.1) is 5.82 Å². The van der Waals surface area contributed by atoms with E-state index in [4.69, 9.17) is 9.47 Å². The van der Waals surface area contributed by atoms with Crippen LogP contribution in [-0.2, 0) is 14.3 Å². The Hall–Kier alpha value is -2.52. The van der Waals surface area contributed by atoms with E-state index in [1.807, 2.05) is 6.92 Å². The van der Waals surface area contributed by atoms with Gasteiger partial charge in [0, 0.05) is 30.7 Å². The number of hydrogen-bond acceptors (Lipinski definition) is 6. The summed E-state index contributed by atoms with van der Waals surface area (Å²) in [7, 11) is 1.44. The minimum Gasteiger partial charge on any atom is -0.467 e. The first-order valence-corrected chi connectivity index (χ1v) is 8.84. The molecule has 0 saturated carbocycles. The summed E-state index contributed by atoms with van der Waals surface area (Å²) in [5.41, 5.74) is 0.195. The third-order valence-electron chi connectivity index (χ3n) is 3.32. The van der Waals surface area contributed by atoms with E-state index in [0.717, 1.165) is 6.07 Å². The molecular formula is C17H20FN3O4S. The van der Waals surface area contributed by atoms with Crippen LogP contribution in [0.25, 0.3) is 0 Å². The minimum atomic E-state index is -1.14. The van der Waals surface area contributed by atoms with Crippen LogP contribution < -0.4 is 15.4 Å². The third kappa shape index (κ3) is 5.50. The highest BCUT2D eigenvalue weighted by molar-refractivity contribution is 7.13.